The third kappa shape index (κ3) is 4.18. The van der Waals surface area contributed by atoms with E-state index in [1.807, 2.05) is 49.4 Å². The van der Waals surface area contributed by atoms with Crippen molar-refractivity contribution < 1.29 is 4.79 Å². The van der Waals surface area contributed by atoms with Crippen molar-refractivity contribution in [2.75, 3.05) is 0 Å². The monoisotopic (exact) mass is 576 g/mol. The second-order valence-electron chi connectivity index (χ2n) is 4.39. The fraction of sp³-hybridized carbons (Fsp3) is 0.133. The van der Waals surface area contributed by atoms with Gasteiger partial charge in [-0.1, -0.05) is 0 Å². The Morgan fingerprint density at radius 3 is 1.90 bits per heavy atom. The van der Waals surface area contributed by atoms with E-state index in [-0.39, 0.29) is 9.75 Å². The van der Waals surface area contributed by atoms with E-state index in [9.17, 15) is 4.79 Å². The van der Waals surface area contributed by atoms with Gasteiger partial charge >= 0.3 is 143 Å². The van der Waals surface area contributed by atoms with E-state index in [0.29, 0.717) is 0 Å². The van der Waals surface area contributed by atoms with Crippen LogP contribution in [0.5, 0.6) is 0 Å². The van der Waals surface area contributed by atoms with E-state index >= 15 is 0 Å². The zero-order valence-corrected chi connectivity index (χ0v) is 17.8. The number of carbonyl (C=O) groups excluding carboxylic acids is 1. The first kappa shape index (κ1) is 16.7. The number of rotatable bonds is 4. The second kappa shape index (κ2) is 7.07. The Kier molecular flexibility index (Phi) is 5.90. The van der Waals surface area contributed by atoms with Crippen molar-refractivity contribution in [2.45, 2.75) is 10.9 Å². The molecule has 2 rings (SSSR count). The fourth-order valence-corrected chi connectivity index (χ4v) is 6.31. The van der Waals surface area contributed by atoms with Crippen LogP contribution in [0.1, 0.15) is 17.3 Å². The Bertz CT molecular complexity index is 591. The van der Waals surface area contributed by atoms with E-state index in [1.54, 1.807) is 0 Å². The van der Waals surface area contributed by atoms with Crippen LogP contribution in [0.25, 0.3) is 11.1 Å². The molecule has 0 heterocycles. The number of Topliss-reactive ketones (excluding diaryl/α,β-unsaturated/α-hetero) is 1. The van der Waals surface area contributed by atoms with Gasteiger partial charge in [0.25, 0.3) is 0 Å². The molecule has 0 N–H and O–H groups in total. The minimum atomic E-state index is -2.52. The van der Waals surface area contributed by atoms with E-state index in [4.69, 9.17) is 0 Å². The number of hydrogen-bond donors (Lipinski definition) is 0. The molecule has 1 unspecified atom stereocenters. The van der Waals surface area contributed by atoms with Gasteiger partial charge in [-0.25, -0.2) is 0 Å². The molecule has 2 aromatic rings. The van der Waals surface area contributed by atoms with Crippen LogP contribution >= 0.6 is 38.3 Å². The molecule has 20 heavy (non-hydrogen) atoms. The molecule has 0 radical (unpaired) electrons. The van der Waals surface area contributed by atoms with Crippen LogP contribution in [0.4, 0.5) is 0 Å². The van der Waals surface area contributed by atoms with Gasteiger partial charge in [-0.05, 0) is 0 Å². The van der Waals surface area contributed by atoms with Crippen molar-refractivity contribution in [3.05, 3.63) is 60.2 Å². The van der Waals surface area contributed by atoms with E-state index in [2.05, 4.69) is 50.4 Å². The summed E-state index contributed by atoms with van der Waals surface area (Å²) in [6.07, 6.45) is 0. The first-order chi connectivity index (χ1) is 9.39. The molecular formula is C15H13Br3OTe. The molecule has 0 amide bonds. The Balaban J connectivity index is 2.23. The third-order valence-corrected chi connectivity index (χ3v) is 17.2. The van der Waals surface area contributed by atoms with E-state index in [0.717, 1.165) is 16.7 Å². The molecule has 0 spiro atoms. The fourth-order valence-electron chi connectivity index (χ4n) is 1.81. The zero-order chi connectivity index (χ0) is 14.8. The normalized spacial score (nSPS) is 13.8. The number of benzene rings is 2. The zero-order valence-electron chi connectivity index (χ0n) is 10.7. The Morgan fingerprint density at radius 1 is 0.900 bits per heavy atom. The topological polar surface area (TPSA) is 17.1 Å². The number of hydrogen-bond acceptors (Lipinski definition) is 1. The summed E-state index contributed by atoms with van der Waals surface area (Å²) in [4.78, 5) is 12.4. The maximum atomic E-state index is 12.4. The van der Waals surface area contributed by atoms with Crippen molar-refractivity contribution in [3.63, 3.8) is 0 Å². The Labute approximate surface area is 141 Å². The van der Waals surface area contributed by atoms with Crippen LogP contribution in [-0.4, -0.2) is 17.3 Å². The standard InChI is InChI=1S/C15H13Br3OTe/c1-11(20(16,17)18)15(19)14-9-7-13(8-10-14)12-5-3-2-4-6-12/h2-11H,1H3. The van der Waals surface area contributed by atoms with Gasteiger partial charge in [0.05, 0.1) is 0 Å². The molecule has 1 nitrogen and oxygen atoms in total. The number of ketones is 1. The predicted octanol–water partition coefficient (Wildman–Crippen LogP) is 6.05. The van der Waals surface area contributed by atoms with Crippen LogP contribution < -0.4 is 0 Å². The molecule has 0 saturated carbocycles. The van der Waals surface area contributed by atoms with Crippen molar-refractivity contribution in [1.29, 1.82) is 0 Å². The second-order valence-corrected chi connectivity index (χ2v) is 47.0. The van der Waals surface area contributed by atoms with Crippen molar-refractivity contribution >= 4 is 55.6 Å². The predicted molar refractivity (Wildman–Crippen MR) is 98.2 cm³/mol. The van der Waals surface area contributed by atoms with Gasteiger partial charge in [-0.2, -0.15) is 0 Å². The van der Waals surface area contributed by atoms with Crippen LogP contribution in [-0.2, 0) is 0 Å². The van der Waals surface area contributed by atoms with E-state index < -0.39 is 11.6 Å². The van der Waals surface area contributed by atoms with Gasteiger partial charge in [-0.3, -0.25) is 0 Å². The third-order valence-electron chi connectivity index (χ3n) is 3.05. The van der Waals surface area contributed by atoms with Gasteiger partial charge in [0.1, 0.15) is 0 Å². The Hall–Kier alpha value is 0.340. The summed E-state index contributed by atoms with van der Waals surface area (Å²) in [5, 5.41) is 0. The van der Waals surface area contributed by atoms with E-state index in [1.165, 1.54) is 0 Å². The van der Waals surface area contributed by atoms with Crippen molar-refractivity contribution in [2.24, 2.45) is 0 Å². The average molecular weight is 577 g/mol. The van der Waals surface area contributed by atoms with Gasteiger partial charge in [0.15, 0.2) is 0 Å². The molecule has 0 aromatic heterocycles. The van der Waals surface area contributed by atoms with Crippen LogP contribution in [0.3, 0.4) is 0 Å². The molecule has 0 aliphatic rings. The molecule has 2 aromatic carbocycles. The molecule has 5 heteroatoms. The summed E-state index contributed by atoms with van der Waals surface area (Å²) >= 11 is 8.26. The van der Waals surface area contributed by atoms with Crippen LogP contribution in [0, 0.1) is 0 Å². The van der Waals surface area contributed by atoms with Gasteiger partial charge < -0.3 is 0 Å². The van der Waals surface area contributed by atoms with Gasteiger partial charge in [0, 0.05) is 0 Å². The summed E-state index contributed by atoms with van der Waals surface area (Å²) in [7, 11) is 0. The summed E-state index contributed by atoms with van der Waals surface area (Å²) in [6.45, 7) is 1.95. The maximum absolute atomic E-state index is 12.4. The molecule has 1 atom stereocenters. The molecule has 0 bridgehead atoms. The molecule has 0 saturated heterocycles. The first-order valence-electron chi connectivity index (χ1n) is 6.00. The number of carbonyl (C=O) groups is 1. The summed E-state index contributed by atoms with van der Waals surface area (Å²) in [6, 6.07) is 18.0. The van der Waals surface area contributed by atoms with Crippen molar-refractivity contribution in [1.82, 2.24) is 0 Å². The van der Waals surface area contributed by atoms with Gasteiger partial charge in [-0.15, -0.1) is 0 Å². The van der Waals surface area contributed by atoms with Crippen molar-refractivity contribution in [3.8, 4) is 11.1 Å². The summed E-state index contributed by atoms with van der Waals surface area (Å²) < 4.78 is -0.0414. The quantitative estimate of drug-likeness (QED) is 0.320. The SMILES string of the molecule is CC(C(=O)c1ccc(-c2ccccc2)cc1)[Te](Br)(Br)Br. The summed E-state index contributed by atoms with van der Waals surface area (Å²) in [5.74, 6) is 0.163. The molecule has 106 valence electrons. The molecular weight excluding hydrogens is 563 g/mol. The first-order valence-corrected chi connectivity index (χ1v) is 23.0. The van der Waals surface area contributed by atoms with Crippen LogP contribution in [0.15, 0.2) is 54.6 Å². The summed E-state index contributed by atoms with van der Waals surface area (Å²) in [5.41, 5.74) is 3.04. The number of halogens is 3. The minimum absolute atomic E-state index is 0.0414. The molecule has 0 aliphatic carbocycles. The average Bonchev–Trinajstić information content (AvgIpc) is 2.46. The van der Waals surface area contributed by atoms with Gasteiger partial charge in [0.2, 0.25) is 0 Å². The Morgan fingerprint density at radius 2 is 1.40 bits per heavy atom. The molecule has 0 aliphatic heterocycles. The van der Waals surface area contributed by atoms with Crippen LogP contribution in [0.2, 0.25) is 3.97 Å². The molecule has 0 fully saturated rings.